The van der Waals surface area contributed by atoms with Crippen molar-refractivity contribution >= 4 is 45.0 Å². The Morgan fingerprint density at radius 2 is 2.05 bits per heavy atom. The molecule has 0 saturated heterocycles. The molecule has 1 rings (SSSR count). The smallest absolute Gasteiger partial charge is 0.407 e. The summed E-state index contributed by atoms with van der Waals surface area (Å²) < 4.78 is 29.5. The highest BCUT2D eigenvalue weighted by atomic mass is 35.5. The second-order valence-corrected chi connectivity index (χ2v) is 6.83. The molecule has 9 heteroatoms. The maximum absolute atomic E-state index is 11.9. The van der Waals surface area contributed by atoms with E-state index in [2.05, 4.69) is 5.32 Å². The number of carbonyl (C=O) groups excluding carboxylic acids is 1. The van der Waals surface area contributed by atoms with Crippen molar-refractivity contribution in [1.29, 1.82) is 0 Å². The Hall–Kier alpha value is -1.18. The average Bonchev–Trinajstić information content (AvgIpc) is 2.37. The van der Waals surface area contributed by atoms with Gasteiger partial charge >= 0.3 is 6.09 Å². The van der Waals surface area contributed by atoms with Gasteiger partial charge in [0.05, 0.1) is 30.1 Å². The molecule has 0 spiro atoms. The summed E-state index contributed by atoms with van der Waals surface area (Å²) in [5.41, 5.74) is 0.261. The summed E-state index contributed by atoms with van der Waals surface area (Å²) in [7, 11) is -3.57. The van der Waals surface area contributed by atoms with E-state index in [0.717, 1.165) is 10.6 Å². The number of halogens is 2. The van der Waals surface area contributed by atoms with E-state index in [-0.39, 0.29) is 30.4 Å². The highest BCUT2D eigenvalue weighted by Gasteiger charge is 2.20. The summed E-state index contributed by atoms with van der Waals surface area (Å²) in [6, 6.07) is 4.52. The first kappa shape index (κ1) is 17.9. The van der Waals surface area contributed by atoms with Crippen molar-refractivity contribution in [2.24, 2.45) is 0 Å². The number of carbonyl (C=O) groups is 1. The molecular weight excluding hydrogens is 339 g/mol. The summed E-state index contributed by atoms with van der Waals surface area (Å²) in [6.45, 7) is 2.00. The summed E-state index contributed by atoms with van der Waals surface area (Å²) in [5.74, 6) is 0. The van der Waals surface area contributed by atoms with Gasteiger partial charge in [-0.1, -0.05) is 23.2 Å². The fourth-order valence-electron chi connectivity index (χ4n) is 1.58. The predicted octanol–water partition coefficient (Wildman–Crippen LogP) is 2.51. The van der Waals surface area contributed by atoms with Crippen LogP contribution < -0.4 is 9.62 Å². The van der Waals surface area contributed by atoms with Gasteiger partial charge in [0.2, 0.25) is 10.0 Å². The highest BCUT2D eigenvalue weighted by molar-refractivity contribution is 7.92. The normalized spacial score (nSPS) is 11.0. The van der Waals surface area contributed by atoms with Gasteiger partial charge in [-0.05, 0) is 25.1 Å². The zero-order valence-corrected chi connectivity index (χ0v) is 13.9. The van der Waals surface area contributed by atoms with Crippen molar-refractivity contribution < 1.29 is 17.9 Å². The zero-order chi connectivity index (χ0) is 16.0. The minimum Gasteiger partial charge on any atom is -0.450 e. The molecule has 0 aliphatic heterocycles. The number of anilines is 1. The van der Waals surface area contributed by atoms with Crippen LogP contribution in [0.5, 0.6) is 0 Å². The van der Waals surface area contributed by atoms with Crippen LogP contribution in [-0.4, -0.2) is 40.5 Å². The van der Waals surface area contributed by atoms with Crippen molar-refractivity contribution in [3.8, 4) is 0 Å². The Morgan fingerprint density at radius 3 is 2.62 bits per heavy atom. The van der Waals surface area contributed by atoms with Gasteiger partial charge in [0.1, 0.15) is 0 Å². The standard InChI is InChI=1S/C12H16Cl2N2O4S/c1-3-20-12(17)15-6-7-16(21(2,18)19)11-8-9(13)4-5-10(11)14/h4-5,8H,3,6-7H2,1-2H3,(H,15,17). The van der Waals surface area contributed by atoms with Crippen LogP contribution in [0.2, 0.25) is 10.0 Å². The molecule has 0 unspecified atom stereocenters. The van der Waals surface area contributed by atoms with Gasteiger partial charge in [-0.25, -0.2) is 13.2 Å². The Labute approximate surface area is 134 Å². The molecule has 1 N–H and O–H groups in total. The quantitative estimate of drug-likeness (QED) is 0.851. The van der Waals surface area contributed by atoms with E-state index in [0.29, 0.717) is 5.02 Å². The van der Waals surface area contributed by atoms with Gasteiger partial charge in [0.15, 0.2) is 0 Å². The third kappa shape index (κ3) is 5.61. The largest absolute Gasteiger partial charge is 0.450 e. The maximum atomic E-state index is 11.9. The third-order valence-electron chi connectivity index (χ3n) is 2.44. The van der Waals surface area contributed by atoms with Crippen LogP contribution in [0.3, 0.4) is 0 Å². The van der Waals surface area contributed by atoms with E-state index >= 15 is 0 Å². The SMILES string of the molecule is CCOC(=O)NCCN(c1cc(Cl)ccc1Cl)S(C)(=O)=O. The first-order chi connectivity index (χ1) is 9.75. The Kier molecular flexibility index (Phi) is 6.57. The molecule has 1 aromatic rings. The number of amides is 1. The zero-order valence-electron chi connectivity index (χ0n) is 11.6. The van der Waals surface area contributed by atoms with E-state index in [1.54, 1.807) is 13.0 Å². The number of ether oxygens (including phenoxy) is 1. The molecule has 21 heavy (non-hydrogen) atoms. The average molecular weight is 355 g/mol. The summed E-state index contributed by atoms with van der Waals surface area (Å²) in [6.07, 6.45) is 0.442. The van der Waals surface area contributed by atoms with E-state index < -0.39 is 16.1 Å². The van der Waals surface area contributed by atoms with E-state index in [1.807, 2.05) is 0 Å². The van der Waals surface area contributed by atoms with E-state index in [9.17, 15) is 13.2 Å². The van der Waals surface area contributed by atoms with Crippen LogP contribution in [-0.2, 0) is 14.8 Å². The maximum Gasteiger partial charge on any atom is 0.407 e. The number of rotatable bonds is 6. The molecule has 6 nitrogen and oxygen atoms in total. The molecule has 0 bridgehead atoms. The van der Waals surface area contributed by atoms with Crippen molar-refractivity contribution in [3.63, 3.8) is 0 Å². The number of hydrogen-bond donors (Lipinski definition) is 1. The summed E-state index contributed by atoms with van der Waals surface area (Å²) in [4.78, 5) is 11.2. The van der Waals surface area contributed by atoms with Gasteiger partial charge < -0.3 is 10.1 Å². The second-order valence-electron chi connectivity index (χ2n) is 4.08. The lowest BCUT2D eigenvalue weighted by Gasteiger charge is -2.23. The lowest BCUT2D eigenvalue weighted by Crippen LogP contribution is -2.38. The van der Waals surface area contributed by atoms with E-state index in [1.165, 1.54) is 12.1 Å². The lowest BCUT2D eigenvalue weighted by atomic mass is 10.3. The van der Waals surface area contributed by atoms with Crippen LogP contribution in [0.1, 0.15) is 6.92 Å². The molecule has 0 heterocycles. The predicted molar refractivity (Wildman–Crippen MR) is 83.7 cm³/mol. The number of hydrogen-bond acceptors (Lipinski definition) is 4. The molecule has 0 fully saturated rings. The Bertz CT molecular complexity index is 607. The number of alkyl carbamates (subject to hydrolysis) is 1. The van der Waals surface area contributed by atoms with Crippen LogP contribution in [0.4, 0.5) is 10.5 Å². The van der Waals surface area contributed by atoms with Crippen molar-refractivity contribution in [1.82, 2.24) is 5.32 Å². The van der Waals surface area contributed by atoms with Crippen molar-refractivity contribution in [2.45, 2.75) is 6.92 Å². The van der Waals surface area contributed by atoms with Crippen LogP contribution in [0.25, 0.3) is 0 Å². The fourth-order valence-corrected chi connectivity index (χ4v) is 2.95. The fraction of sp³-hybridized carbons (Fsp3) is 0.417. The molecule has 1 amide bonds. The third-order valence-corrected chi connectivity index (χ3v) is 4.17. The molecular formula is C12H16Cl2N2O4S. The molecule has 118 valence electrons. The Morgan fingerprint density at radius 1 is 1.38 bits per heavy atom. The van der Waals surface area contributed by atoms with Crippen LogP contribution >= 0.6 is 23.2 Å². The minimum atomic E-state index is -3.57. The van der Waals surface area contributed by atoms with Gasteiger partial charge in [-0.3, -0.25) is 4.31 Å². The number of benzene rings is 1. The minimum absolute atomic E-state index is 0.0116. The monoisotopic (exact) mass is 354 g/mol. The number of nitrogens with one attached hydrogen (secondary N) is 1. The molecule has 0 saturated carbocycles. The van der Waals surface area contributed by atoms with Gasteiger partial charge in [-0.15, -0.1) is 0 Å². The Balaban J connectivity index is 2.88. The van der Waals surface area contributed by atoms with Gasteiger partial charge in [0, 0.05) is 11.6 Å². The number of sulfonamides is 1. The highest BCUT2D eigenvalue weighted by Crippen LogP contribution is 2.30. The summed E-state index contributed by atoms with van der Waals surface area (Å²) >= 11 is 11.9. The van der Waals surface area contributed by atoms with Gasteiger partial charge in [-0.2, -0.15) is 0 Å². The first-order valence-electron chi connectivity index (χ1n) is 6.09. The topological polar surface area (TPSA) is 75.7 Å². The van der Waals surface area contributed by atoms with E-state index in [4.69, 9.17) is 27.9 Å². The summed E-state index contributed by atoms with van der Waals surface area (Å²) in [5, 5.41) is 3.06. The molecule has 0 aromatic heterocycles. The van der Waals surface area contributed by atoms with Crippen molar-refractivity contribution in [3.05, 3.63) is 28.2 Å². The van der Waals surface area contributed by atoms with Gasteiger partial charge in [0.25, 0.3) is 0 Å². The van der Waals surface area contributed by atoms with Crippen molar-refractivity contribution in [2.75, 3.05) is 30.3 Å². The van der Waals surface area contributed by atoms with Crippen LogP contribution in [0.15, 0.2) is 18.2 Å². The molecule has 0 atom stereocenters. The molecule has 0 radical (unpaired) electrons. The molecule has 0 aliphatic rings. The molecule has 1 aromatic carbocycles. The molecule has 0 aliphatic carbocycles. The first-order valence-corrected chi connectivity index (χ1v) is 8.69. The van der Waals surface area contributed by atoms with Crippen LogP contribution in [0, 0.1) is 0 Å². The number of nitrogens with zero attached hydrogens (tertiary/aromatic N) is 1. The second kappa shape index (κ2) is 7.72. The lowest BCUT2D eigenvalue weighted by molar-refractivity contribution is 0.152.